The standard InChI is InChI=1S/C22H20FN3OS/c1-16(18-5-3-2-4-6-18)25-22(28)26-24-15-17-7-11-20(12-8-17)27-21-13-9-19(23)10-14-21/h2-16H,1H3,(H2,25,26,28)/b24-15+/t16-/m0/s1. The number of nitrogens with zero attached hydrogens (tertiary/aromatic N) is 1. The number of thiocarbonyl (C=S) groups is 1. The molecule has 0 aromatic heterocycles. The average molecular weight is 393 g/mol. The van der Waals surface area contributed by atoms with Crippen LogP contribution in [-0.2, 0) is 0 Å². The van der Waals surface area contributed by atoms with E-state index >= 15 is 0 Å². The molecule has 0 fully saturated rings. The van der Waals surface area contributed by atoms with Gasteiger partial charge in [-0.2, -0.15) is 5.10 Å². The third-order valence-electron chi connectivity index (χ3n) is 3.96. The van der Waals surface area contributed by atoms with Crippen LogP contribution in [0.3, 0.4) is 0 Å². The Bertz CT molecular complexity index is 928. The zero-order valence-corrected chi connectivity index (χ0v) is 16.1. The summed E-state index contributed by atoms with van der Waals surface area (Å²) in [6.45, 7) is 2.03. The molecule has 0 aliphatic heterocycles. The molecule has 2 N–H and O–H groups in total. The van der Waals surface area contributed by atoms with Gasteiger partial charge in [-0.05, 0) is 78.8 Å². The molecule has 4 nitrogen and oxygen atoms in total. The van der Waals surface area contributed by atoms with Crippen molar-refractivity contribution in [3.8, 4) is 11.5 Å². The van der Waals surface area contributed by atoms with Gasteiger partial charge in [-0.25, -0.2) is 4.39 Å². The van der Waals surface area contributed by atoms with E-state index in [4.69, 9.17) is 17.0 Å². The number of ether oxygens (including phenoxy) is 1. The number of halogens is 1. The summed E-state index contributed by atoms with van der Waals surface area (Å²) in [5.74, 6) is 0.941. The number of rotatable bonds is 6. The summed E-state index contributed by atoms with van der Waals surface area (Å²) in [6.07, 6.45) is 1.67. The van der Waals surface area contributed by atoms with Crippen molar-refractivity contribution in [2.24, 2.45) is 5.10 Å². The van der Waals surface area contributed by atoms with E-state index in [1.165, 1.54) is 12.1 Å². The van der Waals surface area contributed by atoms with Gasteiger partial charge in [0.15, 0.2) is 5.11 Å². The highest BCUT2D eigenvalue weighted by molar-refractivity contribution is 7.80. The zero-order chi connectivity index (χ0) is 19.8. The Hall–Kier alpha value is -3.25. The van der Waals surface area contributed by atoms with Crippen LogP contribution in [0.5, 0.6) is 11.5 Å². The number of hydrogen-bond donors (Lipinski definition) is 2. The quantitative estimate of drug-likeness (QED) is 0.344. The Morgan fingerprint density at radius 2 is 1.57 bits per heavy atom. The Morgan fingerprint density at radius 1 is 0.964 bits per heavy atom. The molecule has 3 aromatic rings. The van der Waals surface area contributed by atoms with Crippen LogP contribution in [0.15, 0.2) is 84.0 Å². The Balaban J connectivity index is 1.48. The lowest BCUT2D eigenvalue weighted by Gasteiger charge is -2.15. The van der Waals surface area contributed by atoms with Crippen molar-refractivity contribution in [1.29, 1.82) is 0 Å². The first-order valence-electron chi connectivity index (χ1n) is 8.78. The van der Waals surface area contributed by atoms with Crippen LogP contribution in [0.25, 0.3) is 0 Å². The first-order chi connectivity index (χ1) is 13.6. The van der Waals surface area contributed by atoms with Gasteiger partial charge >= 0.3 is 0 Å². The predicted molar refractivity (Wildman–Crippen MR) is 114 cm³/mol. The van der Waals surface area contributed by atoms with Crippen LogP contribution in [0, 0.1) is 5.82 Å². The highest BCUT2D eigenvalue weighted by Gasteiger charge is 2.05. The predicted octanol–water partition coefficient (Wildman–Crippen LogP) is 5.18. The molecule has 0 aliphatic rings. The lowest BCUT2D eigenvalue weighted by Crippen LogP contribution is -2.34. The summed E-state index contributed by atoms with van der Waals surface area (Å²) >= 11 is 5.27. The van der Waals surface area contributed by atoms with E-state index in [1.807, 2.05) is 61.5 Å². The highest BCUT2D eigenvalue weighted by atomic mass is 32.1. The normalized spacial score (nSPS) is 11.8. The molecule has 3 aromatic carbocycles. The van der Waals surface area contributed by atoms with Gasteiger partial charge in [0, 0.05) is 0 Å². The van der Waals surface area contributed by atoms with Gasteiger partial charge in [0.1, 0.15) is 17.3 Å². The second-order valence-electron chi connectivity index (χ2n) is 6.10. The summed E-state index contributed by atoms with van der Waals surface area (Å²) in [5.41, 5.74) is 4.85. The molecular formula is C22H20FN3OS. The van der Waals surface area contributed by atoms with E-state index in [-0.39, 0.29) is 11.9 Å². The minimum absolute atomic E-state index is 0.0827. The van der Waals surface area contributed by atoms with E-state index < -0.39 is 0 Å². The molecule has 28 heavy (non-hydrogen) atoms. The molecule has 0 radical (unpaired) electrons. The molecule has 3 rings (SSSR count). The SMILES string of the molecule is C[C@H](NC(=S)N/N=C/c1ccc(Oc2ccc(F)cc2)cc1)c1ccccc1. The molecule has 0 heterocycles. The fourth-order valence-corrected chi connectivity index (χ4v) is 2.71. The molecule has 0 saturated carbocycles. The number of hydrogen-bond acceptors (Lipinski definition) is 3. The van der Waals surface area contributed by atoms with Crippen molar-refractivity contribution >= 4 is 23.5 Å². The largest absolute Gasteiger partial charge is 0.457 e. The van der Waals surface area contributed by atoms with E-state index in [2.05, 4.69) is 15.8 Å². The van der Waals surface area contributed by atoms with Crippen LogP contribution in [0.2, 0.25) is 0 Å². The Morgan fingerprint density at radius 3 is 2.21 bits per heavy atom. The fourth-order valence-electron chi connectivity index (χ4n) is 2.48. The topological polar surface area (TPSA) is 45.7 Å². The molecular weight excluding hydrogens is 373 g/mol. The maximum atomic E-state index is 12.9. The molecule has 6 heteroatoms. The molecule has 0 spiro atoms. The van der Waals surface area contributed by atoms with Gasteiger partial charge in [-0.1, -0.05) is 30.3 Å². The lowest BCUT2D eigenvalue weighted by atomic mass is 10.1. The van der Waals surface area contributed by atoms with Crippen LogP contribution in [0.1, 0.15) is 24.1 Å². The molecule has 0 saturated heterocycles. The van der Waals surface area contributed by atoms with Crippen molar-refractivity contribution < 1.29 is 9.13 Å². The maximum absolute atomic E-state index is 12.9. The van der Waals surface area contributed by atoms with Gasteiger partial charge in [0.2, 0.25) is 0 Å². The van der Waals surface area contributed by atoms with Crippen molar-refractivity contribution in [3.63, 3.8) is 0 Å². The van der Waals surface area contributed by atoms with E-state index in [0.717, 1.165) is 11.1 Å². The maximum Gasteiger partial charge on any atom is 0.187 e. The van der Waals surface area contributed by atoms with Crippen molar-refractivity contribution in [1.82, 2.24) is 10.7 Å². The van der Waals surface area contributed by atoms with Crippen LogP contribution >= 0.6 is 12.2 Å². The van der Waals surface area contributed by atoms with Gasteiger partial charge in [0.05, 0.1) is 12.3 Å². The van der Waals surface area contributed by atoms with Gasteiger partial charge in [0.25, 0.3) is 0 Å². The first kappa shape index (κ1) is 19.5. The summed E-state index contributed by atoms with van der Waals surface area (Å²) in [5, 5.41) is 7.78. The van der Waals surface area contributed by atoms with E-state index in [9.17, 15) is 4.39 Å². The Labute approximate surface area is 169 Å². The van der Waals surface area contributed by atoms with Gasteiger partial charge < -0.3 is 10.1 Å². The molecule has 0 aliphatic carbocycles. The fraction of sp³-hybridized carbons (Fsp3) is 0.0909. The summed E-state index contributed by atoms with van der Waals surface area (Å²) in [7, 11) is 0. The van der Waals surface area contributed by atoms with Crippen LogP contribution in [-0.4, -0.2) is 11.3 Å². The van der Waals surface area contributed by atoms with Crippen molar-refractivity contribution in [2.45, 2.75) is 13.0 Å². The second-order valence-corrected chi connectivity index (χ2v) is 6.51. The second kappa shape index (κ2) is 9.62. The highest BCUT2D eigenvalue weighted by Crippen LogP contribution is 2.21. The Kier molecular flexibility index (Phi) is 6.70. The van der Waals surface area contributed by atoms with Crippen LogP contribution in [0.4, 0.5) is 4.39 Å². The van der Waals surface area contributed by atoms with Gasteiger partial charge in [-0.3, -0.25) is 5.43 Å². The summed E-state index contributed by atoms with van der Waals surface area (Å²) in [4.78, 5) is 0. The molecule has 0 amide bonds. The number of nitrogens with one attached hydrogen (secondary N) is 2. The van der Waals surface area contributed by atoms with Crippen LogP contribution < -0.4 is 15.5 Å². The first-order valence-corrected chi connectivity index (χ1v) is 9.19. The van der Waals surface area contributed by atoms with Gasteiger partial charge in [-0.15, -0.1) is 0 Å². The molecule has 0 unspecified atom stereocenters. The zero-order valence-electron chi connectivity index (χ0n) is 15.3. The number of benzene rings is 3. The average Bonchev–Trinajstić information content (AvgIpc) is 2.71. The smallest absolute Gasteiger partial charge is 0.187 e. The monoisotopic (exact) mass is 393 g/mol. The number of hydrazone groups is 1. The van der Waals surface area contributed by atoms with Crippen molar-refractivity contribution in [2.75, 3.05) is 0 Å². The third-order valence-corrected chi connectivity index (χ3v) is 4.17. The minimum Gasteiger partial charge on any atom is -0.457 e. The molecule has 142 valence electrons. The summed E-state index contributed by atoms with van der Waals surface area (Å²) < 4.78 is 18.6. The van der Waals surface area contributed by atoms with E-state index in [1.54, 1.807) is 18.3 Å². The van der Waals surface area contributed by atoms with Crippen molar-refractivity contribution in [3.05, 3.63) is 95.8 Å². The minimum atomic E-state index is -0.294. The molecule has 0 bridgehead atoms. The lowest BCUT2D eigenvalue weighted by molar-refractivity contribution is 0.480. The summed E-state index contributed by atoms with van der Waals surface area (Å²) in [6, 6.07) is 23.4. The third kappa shape index (κ3) is 5.89. The molecule has 1 atom stereocenters. The van der Waals surface area contributed by atoms with E-state index in [0.29, 0.717) is 16.6 Å².